The standard InChI is InChI=1S/C18H19N7O/c1-2-14(11-26)21-16-9-20-17-18(22-16)25(24-23-17)10-12-5-6-15-13(8-12)4-3-7-19-15/h3-9,14,26H,2,10-11H2,1H3,(H,21,22)/t14-/m1/s1. The fraction of sp³-hybridized carbons (Fsp3) is 0.278. The number of aromatic nitrogens is 6. The molecule has 0 aliphatic heterocycles. The lowest BCUT2D eigenvalue weighted by atomic mass is 10.1. The second-order valence-electron chi connectivity index (χ2n) is 6.11. The molecule has 0 amide bonds. The average Bonchev–Trinajstić information content (AvgIpc) is 3.08. The topological polar surface area (TPSA) is 102 Å². The quantitative estimate of drug-likeness (QED) is 0.549. The van der Waals surface area contributed by atoms with Gasteiger partial charge in [-0.3, -0.25) is 4.98 Å². The second-order valence-corrected chi connectivity index (χ2v) is 6.11. The summed E-state index contributed by atoms with van der Waals surface area (Å²) >= 11 is 0. The predicted molar refractivity (Wildman–Crippen MR) is 98.8 cm³/mol. The smallest absolute Gasteiger partial charge is 0.221 e. The summed E-state index contributed by atoms with van der Waals surface area (Å²) in [5.41, 5.74) is 3.14. The number of benzene rings is 1. The molecule has 3 heterocycles. The van der Waals surface area contributed by atoms with Crippen LogP contribution in [-0.4, -0.2) is 47.7 Å². The number of hydrogen-bond acceptors (Lipinski definition) is 7. The number of fused-ring (bicyclic) bond motifs is 2. The van der Waals surface area contributed by atoms with Crippen molar-refractivity contribution in [2.75, 3.05) is 11.9 Å². The fourth-order valence-electron chi connectivity index (χ4n) is 2.81. The third-order valence-corrected chi connectivity index (χ3v) is 4.29. The molecule has 0 fully saturated rings. The van der Waals surface area contributed by atoms with Gasteiger partial charge in [0.15, 0.2) is 5.65 Å². The van der Waals surface area contributed by atoms with E-state index < -0.39 is 0 Å². The van der Waals surface area contributed by atoms with Gasteiger partial charge in [-0.15, -0.1) is 5.10 Å². The molecule has 1 aromatic carbocycles. The number of aliphatic hydroxyl groups excluding tert-OH is 1. The predicted octanol–water partition coefficient (Wildman–Crippen LogP) is 2.00. The molecular formula is C18H19N7O. The van der Waals surface area contributed by atoms with Gasteiger partial charge < -0.3 is 10.4 Å². The lowest BCUT2D eigenvalue weighted by Crippen LogP contribution is -2.23. The molecule has 3 aromatic heterocycles. The Balaban J connectivity index is 1.64. The van der Waals surface area contributed by atoms with E-state index in [2.05, 4.69) is 36.6 Å². The molecular weight excluding hydrogens is 330 g/mol. The average molecular weight is 349 g/mol. The lowest BCUT2D eigenvalue weighted by Gasteiger charge is -2.14. The fourth-order valence-corrected chi connectivity index (χ4v) is 2.81. The molecule has 8 nitrogen and oxygen atoms in total. The van der Waals surface area contributed by atoms with Crippen LogP contribution >= 0.6 is 0 Å². The Morgan fingerprint density at radius 2 is 2.15 bits per heavy atom. The highest BCUT2D eigenvalue weighted by Gasteiger charge is 2.11. The van der Waals surface area contributed by atoms with Crippen LogP contribution in [0.4, 0.5) is 5.82 Å². The van der Waals surface area contributed by atoms with Crippen LogP contribution in [0, 0.1) is 0 Å². The molecule has 4 rings (SSSR count). The van der Waals surface area contributed by atoms with Crippen molar-refractivity contribution < 1.29 is 5.11 Å². The number of rotatable bonds is 6. The molecule has 132 valence electrons. The van der Waals surface area contributed by atoms with Gasteiger partial charge in [-0.25, -0.2) is 14.6 Å². The van der Waals surface area contributed by atoms with Crippen LogP contribution in [0.1, 0.15) is 18.9 Å². The first-order valence-electron chi connectivity index (χ1n) is 8.54. The largest absolute Gasteiger partial charge is 0.394 e. The van der Waals surface area contributed by atoms with Gasteiger partial charge in [0, 0.05) is 11.6 Å². The Kier molecular flexibility index (Phi) is 4.40. The van der Waals surface area contributed by atoms with Gasteiger partial charge in [0.05, 0.1) is 30.9 Å². The van der Waals surface area contributed by atoms with E-state index in [9.17, 15) is 5.11 Å². The van der Waals surface area contributed by atoms with Crippen molar-refractivity contribution in [3.8, 4) is 0 Å². The third kappa shape index (κ3) is 3.18. The Morgan fingerprint density at radius 1 is 1.23 bits per heavy atom. The van der Waals surface area contributed by atoms with E-state index in [4.69, 9.17) is 0 Å². The molecule has 0 aliphatic rings. The van der Waals surface area contributed by atoms with Gasteiger partial charge in [0.25, 0.3) is 0 Å². The van der Waals surface area contributed by atoms with Gasteiger partial charge in [0.2, 0.25) is 5.65 Å². The molecule has 0 unspecified atom stereocenters. The zero-order valence-electron chi connectivity index (χ0n) is 14.4. The van der Waals surface area contributed by atoms with Crippen LogP contribution in [0.25, 0.3) is 22.2 Å². The first-order chi connectivity index (χ1) is 12.8. The Bertz CT molecular complexity index is 1040. The Morgan fingerprint density at radius 3 is 3.00 bits per heavy atom. The second kappa shape index (κ2) is 7.01. The molecule has 0 aliphatic carbocycles. The maximum Gasteiger partial charge on any atom is 0.221 e. The summed E-state index contributed by atoms with van der Waals surface area (Å²) in [7, 11) is 0. The van der Waals surface area contributed by atoms with Gasteiger partial charge >= 0.3 is 0 Å². The highest BCUT2D eigenvalue weighted by atomic mass is 16.3. The van der Waals surface area contributed by atoms with Crippen molar-refractivity contribution in [3.05, 3.63) is 48.3 Å². The van der Waals surface area contributed by atoms with Crippen molar-refractivity contribution in [1.82, 2.24) is 29.9 Å². The minimum Gasteiger partial charge on any atom is -0.394 e. The van der Waals surface area contributed by atoms with Gasteiger partial charge in [-0.2, -0.15) is 0 Å². The number of aliphatic hydroxyl groups is 1. The summed E-state index contributed by atoms with van der Waals surface area (Å²) in [6, 6.07) is 10.0. The lowest BCUT2D eigenvalue weighted by molar-refractivity contribution is 0.271. The summed E-state index contributed by atoms with van der Waals surface area (Å²) in [5.74, 6) is 0.602. The van der Waals surface area contributed by atoms with Gasteiger partial charge in [-0.05, 0) is 30.2 Å². The zero-order valence-corrected chi connectivity index (χ0v) is 14.4. The molecule has 0 spiro atoms. The first kappa shape index (κ1) is 16.3. The summed E-state index contributed by atoms with van der Waals surface area (Å²) in [5, 5.41) is 21.9. The number of nitrogens with zero attached hydrogens (tertiary/aromatic N) is 6. The SMILES string of the molecule is CC[C@H](CO)Nc1cnc2nnn(Cc3ccc4ncccc4c3)c2n1. The van der Waals surface area contributed by atoms with Crippen molar-refractivity contribution in [1.29, 1.82) is 0 Å². The van der Waals surface area contributed by atoms with Crippen LogP contribution < -0.4 is 5.32 Å². The van der Waals surface area contributed by atoms with Crippen molar-refractivity contribution in [2.24, 2.45) is 0 Å². The van der Waals surface area contributed by atoms with Crippen molar-refractivity contribution in [2.45, 2.75) is 25.9 Å². The Labute approximate surface area is 149 Å². The summed E-state index contributed by atoms with van der Waals surface area (Å²) in [6.45, 7) is 2.58. The summed E-state index contributed by atoms with van der Waals surface area (Å²) in [6.07, 6.45) is 4.19. The van der Waals surface area contributed by atoms with Crippen LogP contribution in [0.3, 0.4) is 0 Å². The maximum absolute atomic E-state index is 9.35. The summed E-state index contributed by atoms with van der Waals surface area (Å²) in [4.78, 5) is 13.2. The summed E-state index contributed by atoms with van der Waals surface area (Å²) < 4.78 is 1.73. The minimum absolute atomic E-state index is 0.0405. The molecule has 4 aromatic rings. The van der Waals surface area contributed by atoms with Crippen molar-refractivity contribution in [3.63, 3.8) is 0 Å². The molecule has 0 radical (unpaired) electrons. The third-order valence-electron chi connectivity index (χ3n) is 4.29. The number of anilines is 1. The highest BCUT2D eigenvalue weighted by molar-refractivity contribution is 5.79. The number of nitrogens with one attached hydrogen (secondary N) is 1. The molecule has 0 bridgehead atoms. The monoisotopic (exact) mass is 349 g/mol. The van der Waals surface area contributed by atoms with E-state index >= 15 is 0 Å². The van der Waals surface area contributed by atoms with E-state index in [0.717, 1.165) is 22.9 Å². The molecule has 1 atom stereocenters. The van der Waals surface area contributed by atoms with E-state index in [0.29, 0.717) is 23.7 Å². The number of hydrogen-bond donors (Lipinski definition) is 2. The molecule has 8 heteroatoms. The molecule has 0 saturated heterocycles. The number of pyridine rings is 1. The van der Waals surface area contributed by atoms with Crippen LogP contribution in [0.5, 0.6) is 0 Å². The normalized spacial score (nSPS) is 12.5. The van der Waals surface area contributed by atoms with Gasteiger partial charge in [0.1, 0.15) is 5.82 Å². The van der Waals surface area contributed by atoms with E-state index in [-0.39, 0.29) is 12.6 Å². The molecule has 2 N–H and O–H groups in total. The van der Waals surface area contributed by atoms with E-state index in [1.807, 2.05) is 31.2 Å². The van der Waals surface area contributed by atoms with Crippen LogP contribution in [0.2, 0.25) is 0 Å². The van der Waals surface area contributed by atoms with Crippen LogP contribution in [-0.2, 0) is 6.54 Å². The van der Waals surface area contributed by atoms with Gasteiger partial charge in [-0.1, -0.05) is 24.3 Å². The van der Waals surface area contributed by atoms with E-state index in [1.54, 1.807) is 17.1 Å². The molecule has 26 heavy (non-hydrogen) atoms. The highest BCUT2D eigenvalue weighted by Crippen LogP contribution is 2.16. The minimum atomic E-state index is -0.0564. The molecule has 0 saturated carbocycles. The zero-order chi connectivity index (χ0) is 17.9. The Hall–Kier alpha value is -3.13. The van der Waals surface area contributed by atoms with E-state index in [1.165, 1.54) is 0 Å². The van der Waals surface area contributed by atoms with Crippen molar-refractivity contribution >= 4 is 28.0 Å². The maximum atomic E-state index is 9.35. The van der Waals surface area contributed by atoms with Crippen LogP contribution in [0.15, 0.2) is 42.7 Å². The first-order valence-corrected chi connectivity index (χ1v) is 8.54.